The summed E-state index contributed by atoms with van der Waals surface area (Å²) in [6.07, 6.45) is 1.17. The van der Waals surface area contributed by atoms with E-state index in [1.807, 2.05) is 20.8 Å². The van der Waals surface area contributed by atoms with Crippen LogP contribution in [-0.4, -0.2) is 36.4 Å². The molecule has 1 heterocycles. The summed E-state index contributed by atoms with van der Waals surface area (Å²) < 4.78 is 0. The van der Waals surface area contributed by atoms with Crippen LogP contribution in [0.1, 0.15) is 42.7 Å². The van der Waals surface area contributed by atoms with Gasteiger partial charge in [-0.25, -0.2) is 4.98 Å². The lowest BCUT2D eigenvalue weighted by atomic mass is 10.2. The number of amides is 2. The minimum atomic E-state index is -0.201. The lowest BCUT2D eigenvalue weighted by Crippen LogP contribution is -2.35. The highest BCUT2D eigenvalue weighted by atomic mass is 16.2. The van der Waals surface area contributed by atoms with Crippen molar-refractivity contribution in [1.29, 1.82) is 0 Å². The van der Waals surface area contributed by atoms with Crippen LogP contribution in [0.15, 0.2) is 12.1 Å². The zero-order valence-corrected chi connectivity index (χ0v) is 13.1. The first kappa shape index (κ1) is 16.9. The van der Waals surface area contributed by atoms with E-state index >= 15 is 0 Å². The molecule has 0 saturated carbocycles. The highest BCUT2D eigenvalue weighted by Gasteiger charge is 2.10. The zero-order chi connectivity index (χ0) is 15.8. The summed E-state index contributed by atoms with van der Waals surface area (Å²) in [7, 11) is 1.75. The van der Waals surface area contributed by atoms with Gasteiger partial charge < -0.3 is 16.0 Å². The van der Waals surface area contributed by atoms with Crippen molar-refractivity contribution < 1.29 is 9.59 Å². The van der Waals surface area contributed by atoms with Crippen molar-refractivity contribution in [2.75, 3.05) is 18.9 Å². The highest BCUT2D eigenvalue weighted by molar-refractivity contribution is 5.95. The lowest BCUT2D eigenvalue weighted by Gasteiger charge is -2.12. The average Bonchev–Trinajstić information content (AvgIpc) is 2.46. The predicted octanol–water partition coefficient (Wildman–Crippen LogP) is 1.47. The van der Waals surface area contributed by atoms with Gasteiger partial charge in [0.15, 0.2) is 0 Å². The number of carbonyl (C=O) groups excluding carboxylic acids is 2. The number of rotatable bonds is 7. The topological polar surface area (TPSA) is 83.1 Å². The summed E-state index contributed by atoms with van der Waals surface area (Å²) in [5.74, 6) is 0.398. The molecule has 0 saturated heterocycles. The molecule has 6 heteroatoms. The van der Waals surface area contributed by atoms with Crippen molar-refractivity contribution in [3.63, 3.8) is 0 Å². The van der Waals surface area contributed by atoms with Gasteiger partial charge in [-0.15, -0.1) is 0 Å². The second-order valence-electron chi connectivity index (χ2n) is 5.02. The van der Waals surface area contributed by atoms with Crippen molar-refractivity contribution in [2.45, 2.75) is 39.7 Å². The van der Waals surface area contributed by atoms with Gasteiger partial charge in [0, 0.05) is 37.3 Å². The van der Waals surface area contributed by atoms with Crippen LogP contribution in [-0.2, 0) is 4.79 Å². The summed E-state index contributed by atoms with van der Waals surface area (Å²) in [5, 5.41) is 8.51. The molecule has 0 spiro atoms. The molecule has 1 atom stereocenters. The van der Waals surface area contributed by atoms with Crippen LogP contribution >= 0.6 is 0 Å². The molecule has 1 unspecified atom stereocenters. The molecule has 0 aromatic carbocycles. The van der Waals surface area contributed by atoms with Crippen molar-refractivity contribution in [3.05, 3.63) is 23.4 Å². The van der Waals surface area contributed by atoms with Gasteiger partial charge in [-0.05, 0) is 32.4 Å². The molecule has 0 radical (unpaired) electrons. The van der Waals surface area contributed by atoms with Gasteiger partial charge in [0.1, 0.15) is 5.82 Å². The third-order valence-electron chi connectivity index (χ3n) is 3.13. The SMILES string of the molecule is CCC(C)NC(=O)CCNC(=O)c1cc(C)nc(NC)c1. The van der Waals surface area contributed by atoms with E-state index < -0.39 is 0 Å². The van der Waals surface area contributed by atoms with Crippen LogP contribution in [0, 0.1) is 6.92 Å². The van der Waals surface area contributed by atoms with Crippen LogP contribution in [0.3, 0.4) is 0 Å². The Hall–Kier alpha value is -2.11. The first-order valence-electron chi connectivity index (χ1n) is 7.20. The largest absolute Gasteiger partial charge is 0.373 e. The molecule has 1 aromatic rings. The predicted molar refractivity (Wildman–Crippen MR) is 83.4 cm³/mol. The molecule has 0 aliphatic heterocycles. The van der Waals surface area contributed by atoms with Gasteiger partial charge in [-0.3, -0.25) is 9.59 Å². The summed E-state index contributed by atoms with van der Waals surface area (Å²) in [6.45, 7) is 6.11. The van der Waals surface area contributed by atoms with Gasteiger partial charge in [0.05, 0.1) is 0 Å². The van der Waals surface area contributed by atoms with Crippen molar-refractivity contribution in [2.24, 2.45) is 0 Å². The van der Waals surface area contributed by atoms with Crippen LogP contribution in [0.2, 0.25) is 0 Å². The first-order chi connectivity index (χ1) is 9.96. The molecule has 116 valence electrons. The maximum Gasteiger partial charge on any atom is 0.251 e. The Morgan fingerprint density at radius 1 is 1.33 bits per heavy atom. The van der Waals surface area contributed by atoms with Gasteiger partial charge in [0.2, 0.25) is 5.91 Å². The molecule has 3 N–H and O–H groups in total. The maximum atomic E-state index is 12.0. The molecular weight excluding hydrogens is 268 g/mol. The Kier molecular flexibility index (Phi) is 6.65. The minimum absolute atomic E-state index is 0.0496. The highest BCUT2D eigenvalue weighted by Crippen LogP contribution is 2.09. The van der Waals surface area contributed by atoms with E-state index in [1.54, 1.807) is 19.2 Å². The second-order valence-corrected chi connectivity index (χ2v) is 5.02. The normalized spacial score (nSPS) is 11.6. The van der Waals surface area contributed by atoms with E-state index in [9.17, 15) is 9.59 Å². The van der Waals surface area contributed by atoms with Crippen LogP contribution in [0.5, 0.6) is 0 Å². The lowest BCUT2D eigenvalue weighted by molar-refractivity contribution is -0.121. The summed E-state index contributed by atoms with van der Waals surface area (Å²) in [4.78, 5) is 27.9. The standard InChI is InChI=1S/C15H24N4O2/c1-5-10(2)19-14(20)6-7-17-15(21)12-8-11(3)18-13(9-12)16-4/h8-10H,5-7H2,1-4H3,(H,16,18)(H,17,21)(H,19,20). The summed E-state index contributed by atoms with van der Waals surface area (Å²) in [6, 6.07) is 3.56. The Morgan fingerprint density at radius 3 is 2.67 bits per heavy atom. The molecule has 1 aromatic heterocycles. The Balaban J connectivity index is 2.47. The monoisotopic (exact) mass is 292 g/mol. The van der Waals surface area contributed by atoms with Crippen molar-refractivity contribution >= 4 is 17.6 Å². The van der Waals surface area contributed by atoms with E-state index in [2.05, 4.69) is 20.9 Å². The van der Waals surface area contributed by atoms with Crippen molar-refractivity contribution in [3.8, 4) is 0 Å². The average molecular weight is 292 g/mol. The Morgan fingerprint density at radius 2 is 2.05 bits per heavy atom. The second kappa shape index (κ2) is 8.24. The van der Waals surface area contributed by atoms with Crippen LogP contribution < -0.4 is 16.0 Å². The molecule has 0 aliphatic carbocycles. The molecule has 6 nitrogen and oxygen atoms in total. The van der Waals surface area contributed by atoms with E-state index in [0.717, 1.165) is 12.1 Å². The number of anilines is 1. The smallest absolute Gasteiger partial charge is 0.251 e. The van der Waals surface area contributed by atoms with Gasteiger partial charge in [-0.2, -0.15) is 0 Å². The molecule has 1 rings (SSSR count). The minimum Gasteiger partial charge on any atom is -0.373 e. The molecular formula is C15H24N4O2. The maximum absolute atomic E-state index is 12.0. The van der Waals surface area contributed by atoms with E-state index in [4.69, 9.17) is 0 Å². The number of hydrogen-bond donors (Lipinski definition) is 3. The van der Waals surface area contributed by atoms with Gasteiger partial charge in [0.25, 0.3) is 5.91 Å². The Labute approximate surface area is 125 Å². The van der Waals surface area contributed by atoms with Gasteiger partial charge in [-0.1, -0.05) is 6.92 Å². The first-order valence-corrected chi connectivity index (χ1v) is 7.20. The zero-order valence-electron chi connectivity index (χ0n) is 13.1. The van der Waals surface area contributed by atoms with E-state index in [-0.39, 0.29) is 24.3 Å². The fraction of sp³-hybridized carbons (Fsp3) is 0.533. The number of nitrogens with one attached hydrogen (secondary N) is 3. The van der Waals surface area contributed by atoms with E-state index in [1.165, 1.54) is 0 Å². The quantitative estimate of drug-likeness (QED) is 0.710. The number of nitrogens with zero attached hydrogens (tertiary/aromatic N) is 1. The number of aryl methyl sites for hydroxylation is 1. The van der Waals surface area contributed by atoms with E-state index in [0.29, 0.717) is 17.9 Å². The van der Waals surface area contributed by atoms with Crippen LogP contribution in [0.4, 0.5) is 5.82 Å². The Bertz CT molecular complexity index is 502. The van der Waals surface area contributed by atoms with Crippen LogP contribution in [0.25, 0.3) is 0 Å². The fourth-order valence-corrected chi connectivity index (χ4v) is 1.77. The number of pyridine rings is 1. The fourth-order valence-electron chi connectivity index (χ4n) is 1.77. The third-order valence-corrected chi connectivity index (χ3v) is 3.13. The summed E-state index contributed by atoms with van der Waals surface area (Å²) >= 11 is 0. The number of hydrogen-bond acceptors (Lipinski definition) is 4. The number of carbonyl (C=O) groups is 2. The number of aromatic nitrogens is 1. The third kappa shape index (κ3) is 5.81. The van der Waals surface area contributed by atoms with Gasteiger partial charge >= 0.3 is 0 Å². The molecule has 0 bridgehead atoms. The van der Waals surface area contributed by atoms with Crippen molar-refractivity contribution in [1.82, 2.24) is 15.6 Å². The molecule has 0 aliphatic rings. The summed E-state index contributed by atoms with van der Waals surface area (Å²) in [5.41, 5.74) is 1.30. The molecule has 21 heavy (non-hydrogen) atoms. The molecule has 2 amide bonds. The molecule has 0 fully saturated rings.